The lowest BCUT2D eigenvalue weighted by Crippen LogP contribution is -2.41. The third-order valence-electron chi connectivity index (χ3n) is 5.13. The van der Waals surface area contributed by atoms with E-state index in [1.54, 1.807) is 13.8 Å². The molecule has 0 bridgehead atoms. The minimum absolute atomic E-state index is 0.0250. The van der Waals surface area contributed by atoms with Crippen LogP contribution in [-0.4, -0.2) is 46.4 Å². The van der Waals surface area contributed by atoms with Crippen LogP contribution in [0.1, 0.15) is 69.2 Å². The summed E-state index contributed by atoms with van der Waals surface area (Å²) in [6, 6.07) is 7.19. The number of Topliss-reactive ketones (excluding diaryl/α,β-unsaturated/α-hetero) is 1. The second-order valence-electron chi connectivity index (χ2n) is 10.1. The Hall–Kier alpha value is -3.56. The Morgan fingerprint density at radius 3 is 2.29 bits per heavy atom. The number of rotatable bonds is 6. The highest BCUT2D eigenvalue weighted by atomic mass is 16.4. The predicted molar refractivity (Wildman–Crippen MR) is 125 cm³/mol. The number of carbonyl (C=O) groups excluding carboxylic acids is 4. The van der Waals surface area contributed by atoms with Gasteiger partial charge in [-0.05, 0) is 17.9 Å². The molecule has 4 amide bonds. The molecular formula is C24H33N5O5. The number of urea groups is 1. The summed E-state index contributed by atoms with van der Waals surface area (Å²) < 4.78 is 5.50. The van der Waals surface area contributed by atoms with Gasteiger partial charge in [0.1, 0.15) is 6.04 Å². The molecule has 0 saturated carbocycles. The van der Waals surface area contributed by atoms with Crippen LogP contribution in [0.15, 0.2) is 28.7 Å². The van der Waals surface area contributed by atoms with E-state index in [1.165, 1.54) is 6.92 Å². The summed E-state index contributed by atoms with van der Waals surface area (Å²) in [4.78, 5) is 45.2. The fourth-order valence-electron chi connectivity index (χ4n) is 3.16. The molecule has 184 valence electrons. The minimum atomic E-state index is -0.807. The molecule has 0 radical (unpaired) electrons. The van der Waals surface area contributed by atoms with E-state index >= 15 is 0 Å². The normalized spacial score (nSPS) is 15.7. The quantitative estimate of drug-likeness (QED) is 0.434. The molecule has 2 aromatic rings. The van der Waals surface area contributed by atoms with E-state index in [0.29, 0.717) is 12.3 Å². The van der Waals surface area contributed by atoms with Crippen LogP contribution in [0.25, 0.3) is 0 Å². The molecule has 3 rings (SSSR count). The molecule has 0 spiro atoms. The molecule has 34 heavy (non-hydrogen) atoms. The van der Waals surface area contributed by atoms with Crippen molar-refractivity contribution in [2.75, 3.05) is 6.54 Å². The topological polar surface area (TPSA) is 143 Å². The van der Waals surface area contributed by atoms with E-state index in [9.17, 15) is 19.2 Å². The fraction of sp³-hybridized carbons (Fsp3) is 0.500. The number of nitrogens with one attached hydrogen (secondary N) is 3. The summed E-state index contributed by atoms with van der Waals surface area (Å²) in [5, 5.41) is 15.2. The first-order valence-electron chi connectivity index (χ1n) is 11.0. The SMILES string of the molecule is CC(=O)NCC(C)(C)C(=O)c1nnc(Cc2cccc(C)c2)o1.CC(C)(C)[C@@H]1NC(=O)NC1=O. The highest BCUT2D eigenvalue weighted by Crippen LogP contribution is 2.22. The Morgan fingerprint density at radius 1 is 1.12 bits per heavy atom. The second kappa shape index (κ2) is 10.6. The predicted octanol–water partition coefficient (Wildman–Crippen LogP) is 2.55. The lowest BCUT2D eigenvalue weighted by atomic mass is 9.87. The van der Waals surface area contributed by atoms with Gasteiger partial charge in [0, 0.05) is 13.5 Å². The lowest BCUT2D eigenvalue weighted by molar-refractivity contribution is -0.122. The highest BCUT2D eigenvalue weighted by molar-refractivity contribution is 6.04. The van der Waals surface area contributed by atoms with Gasteiger partial charge in [-0.3, -0.25) is 19.7 Å². The van der Waals surface area contributed by atoms with Crippen molar-refractivity contribution in [3.8, 4) is 0 Å². The van der Waals surface area contributed by atoms with Crippen molar-refractivity contribution >= 4 is 23.6 Å². The van der Waals surface area contributed by atoms with E-state index in [2.05, 4.69) is 26.1 Å². The zero-order valence-electron chi connectivity index (χ0n) is 20.7. The molecule has 3 N–H and O–H groups in total. The number of aryl methyl sites for hydroxylation is 1. The van der Waals surface area contributed by atoms with Crippen LogP contribution in [0.2, 0.25) is 0 Å². The first-order valence-corrected chi connectivity index (χ1v) is 11.0. The molecule has 1 aromatic carbocycles. The third kappa shape index (κ3) is 7.50. The summed E-state index contributed by atoms with van der Waals surface area (Å²) in [6.45, 7) is 12.8. The fourth-order valence-corrected chi connectivity index (χ4v) is 3.16. The number of hydrogen-bond acceptors (Lipinski definition) is 7. The van der Waals surface area contributed by atoms with Crippen molar-refractivity contribution in [3.05, 3.63) is 47.2 Å². The van der Waals surface area contributed by atoms with Gasteiger partial charge in [0.2, 0.25) is 17.6 Å². The van der Waals surface area contributed by atoms with Crippen molar-refractivity contribution < 1.29 is 23.6 Å². The summed E-state index contributed by atoms with van der Waals surface area (Å²) in [5.41, 5.74) is 1.18. The monoisotopic (exact) mass is 471 g/mol. The molecular weight excluding hydrogens is 438 g/mol. The van der Waals surface area contributed by atoms with Crippen molar-refractivity contribution in [2.24, 2.45) is 10.8 Å². The molecule has 1 saturated heterocycles. The van der Waals surface area contributed by atoms with Crippen LogP contribution in [0, 0.1) is 17.8 Å². The average Bonchev–Trinajstić information content (AvgIpc) is 3.32. The maximum Gasteiger partial charge on any atom is 0.322 e. The second-order valence-corrected chi connectivity index (χ2v) is 10.1. The Bertz CT molecular complexity index is 1070. The minimum Gasteiger partial charge on any atom is -0.418 e. The molecule has 10 heteroatoms. The third-order valence-corrected chi connectivity index (χ3v) is 5.13. The van der Waals surface area contributed by atoms with Crippen molar-refractivity contribution in [1.29, 1.82) is 0 Å². The van der Waals surface area contributed by atoms with Gasteiger partial charge in [0.05, 0.1) is 11.8 Å². The summed E-state index contributed by atoms with van der Waals surface area (Å²) in [5.74, 6) is -0.328. The number of nitrogens with zero attached hydrogens (tertiary/aromatic N) is 2. The highest BCUT2D eigenvalue weighted by Gasteiger charge is 2.38. The number of imide groups is 1. The Morgan fingerprint density at radius 2 is 1.79 bits per heavy atom. The zero-order valence-corrected chi connectivity index (χ0v) is 20.7. The van der Waals surface area contributed by atoms with Crippen molar-refractivity contribution in [3.63, 3.8) is 0 Å². The molecule has 1 fully saturated rings. The number of carbonyl (C=O) groups is 4. The molecule has 2 heterocycles. The van der Waals surface area contributed by atoms with E-state index in [4.69, 9.17) is 4.42 Å². The summed E-state index contributed by atoms with van der Waals surface area (Å²) in [6.07, 6.45) is 0.480. The van der Waals surface area contributed by atoms with Crippen LogP contribution < -0.4 is 16.0 Å². The van der Waals surface area contributed by atoms with Crippen molar-refractivity contribution in [1.82, 2.24) is 26.1 Å². The van der Waals surface area contributed by atoms with Gasteiger partial charge in [-0.2, -0.15) is 0 Å². The van der Waals surface area contributed by atoms with E-state index in [1.807, 2.05) is 52.0 Å². The van der Waals surface area contributed by atoms with Gasteiger partial charge >= 0.3 is 6.03 Å². The largest absolute Gasteiger partial charge is 0.418 e. The van der Waals surface area contributed by atoms with E-state index in [-0.39, 0.29) is 35.4 Å². The molecule has 1 atom stereocenters. The van der Waals surface area contributed by atoms with Crippen LogP contribution in [-0.2, 0) is 16.0 Å². The van der Waals surface area contributed by atoms with Gasteiger partial charge in [0.15, 0.2) is 0 Å². The van der Waals surface area contributed by atoms with Gasteiger partial charge in [0.25, 0.3) is 11.8 Å². The summed E-state index contributed by atoms with van der Waals surface area (Å²) >= 11 is 0. The molecule has 1 aliphatic rings. The van der Waals surface area contributed by atoms with Gasteiger partial charge < -0.3 is 15.1 Å². The maximum atomic E-state index is 12.5. The number of aromatic nitrogens is 2. The van der Waals surface area contributed by atoms with E-state index in [0.717, 1.165) is 11.1 Å². The number of benzene rings is 1. The van der Waals surface area contributed by atoms with Gasteiger partial charge in [-0.1, -0.05) is 64.4 Å². The van der Waals surface area contributed by atoms with Gasteiger partial charge in [-0.25, -0.2) is 4.79 Å². The first-order chi connectivity index (χ1) is 15.7. The zero-order chi connectivity index (χ0) is 25.7. The standard InChI is InChI=1S/C17H21N3O3.C7H12N2O2/c1-11-6-5-7-13(8-11)9-14-19-20-16(23-14)15(22)17(3,4)10-18-12(2)21;1-7(2,3)4-5(10)9-6(11)8-4/h5-8H,9-10H2,1-4H3,(H,18,21);4H,1-3H3,(H2,8,9,10,11)/t;4-/m.1/s1. The van der Waals surface area contributed by atoms with Crippen LogP contribution in [0.5, 0.6) is 0 Å². The number of ketones is 1. The first kappa shape index (κ1) is 26.7. The maximum absolute atomic E-state index is 12.5. The molecule has 10 nitrogen and oxygen atoms in total. The Kier molecular flexibility index (Phi) is 8.31. The Balaban J connectivity index is 0.000000310. The molecule has 1 aliphatic heterocycles. The van der Waals surface area contributed by atoms with Crippen LogP contribution in [0.4, 0.5) is 4.79 Å². The van der Waals surface area contributed by atoms with Crippen molar-refractivity contribution in [2.45, 2.75) is 60.9 Å². The number of amides is 4. The molecule has 1 aromatic heterocycles. The molecule has 0 aliphatic carbocycles. The van der Waals surface area contributed by atoms with Gasteiger partial charge in [-0.15, -0.1) is 10.2 Å². The average molecular weight is 472 g/mol. The van der Waals surface area contributed by atoms with Crippen LogP contribution >= 0.6 is 0 Å². The smallest absolute Gasteiger partial charge is 0.322 e. The Labute approximate surface area is 199 Å². The van der Waals surface area contributed by atoms with E-state index < -0.39 is 17.5 Å². The summed E-state index contributed by atoms with van der Waals surface area (Å²) in [7, 11) is 0. The number of hydrogen-bond donors (Lipinski definition) is 3. The lowest BCUT2D eigenvalue weighted by Gasteiger charge is -2.23. The molecule has 0 unspecified atom stereocenters. The van der Waals surface area contributed by atoms with Crippen LogP contribution in [0.3, 0.4) is 0 Å².